The first-order valence-electron chi connectivity index (χ1n) is 8.82. The average molecular weight is 387 g/mol. The van der Waals surface area contributed by atoms with Crippen LogP contribution in [0.5, 0.6) is 0 Å². The van der Waals surface area contributed by atoms with Crippen molar-refractivity contribution in [1.82, 2.24) is 10.3 Å². The van der Waals surface area contributed by atoms with Crippen LogP contribution in [0.1, 0.15) is 51.5 Å². The van der Waals surface area contributed by atoms with E-state index >= 15 is 0 Å². The Hall–Kier alpha value is -3.13. The Morgan fingerprint density at radius 2 is 1.86 bits per heavy atom. The Balaban J connectivity index is 1.91. The van der Waals surface area contributed by atoms with E-state index in [0.29, 0.717) is 22.5 Å². The maximum absolute atomic E-state index is 12.2. The summed E-state index contributed by atoms with van der Waals surface area (Å²) < 4.78 is 4.97. The molecule has 1 aromatic heterocycles. The SMILES string of the molecule is Cc1ccc(NC(=O)NC(=O)COC(=O)c2[nH]c(C)c([C@@H](C)O)c2C)c(C)c1. The summed E-state index contributed by atoms with van der Waals surface area (Å²) in [7, 11) is 0. The lowest BCUT2D eigenvalue weighted by Crippen LogP contribution is -2.37. The van der Waals surface area contributed by atoms with Gasteiger partial charge in [-0.05, 0) is 51.8 Å². The molecule has 4 N–H and O–H groups in total. The van der Waals surface area contributed by atoms with Crippen LogP contribution < -0.4 is 10.6 Å². The van der Waals surface area contributed by atoms with Crippen molar-refractivity contribution in [3.63, 3.8) is 0 Å². The van der Waals surface area contributed by atoms with Crippen LogP contribution in [-0.2, 0) is 9.53 Å². The first kappa shape index (κ1) is 21.2. The van der Waals surface area contributed by atoms with Crippen molar-refractivity contribution in [2.75, 3.05) is 11.9 Å². The zero-order chi connectivity index (χ0) is 21.0. The molecule has 2 aromatic rings. The van der Waals surface area contributed by atoms with E-state index in [1.165, 1.54) is 0 Å². The van der Waals surface area contributed by atoms with Crippen LogP contribution in [-0.4, -0.2) is 34.6 Å². The molecule has 1 aromatic carbocycles. The second-order valence-electron chi connectivity index (χ2n) is 6.74. The third-order valence-electron chi connectivity index (χ3n) is 4.33. The van der Waals surface area contributed by atoms with Crippen molar-refractivity contribution >= 4 is 23.6 Å². The molecule has 0 aliphatic rings. The number of carbonyl (C=O) groups is 3. The second-order valence-corrected chi connectivity index (χ2v) is 6.74. The van der Waals surface area contributed by atoms with Gasteiger partial charge in [0.25, 0.3) is 5.91 Å². The number of ether oxygens (including phenoxy) is 1. The lowest BCUT2D eigenvalue weighted by molar-refractivity contribution is -0.123. The van der Waals surface area contributed by atoms with Gasteiger partial charge in [-0.2, -0.15) is 0 Å². The summed E-state index contributed by atoms with van der Waals surface area (Å²) >= 11 is 0. The van der Waals surface area contributed by atoms with Crippen LogP contribution in [0.15, 0.2) is 18.2 Å². The highest BCUT2D eigenvalue weighted by molar-refractivity contribution is 6.02. The number of aromatic amines is 1. The first-order valence-corrected chi connectivity index (χ1v) is 8.82. The summed E-state index contributed by atoms with van der Waals surface area (Å²) in [6.07, 6.45) is -0.741. The summed E-state index contributed by atoms with van der Waals surface area (Å²) in [5.41, 5.74) is 4.49. The van der Waals surface area contributed by atoms with E-state index in [4.69, 9.17) is 4.74 Å². The molecule has 0 saturated carbocycles. The Labute approximate surface area is 163 Å². The molecule has 0 fully saturated rings. The number of rotatable bonds is 5. The van der Waals surface area contributed by atoms with Gasteiger partial charge in [0.05, 0.1) is 6.10 Å². The number of urea groups is 1. The number of hydrogen-bond donors (Lipinski definition) is 4. The number of aromatic nitrogens is 1. The smallest absolute Gasteiger partial charge is 0.355 e. The number of H-pyrrole nitrogens is 1. The minimum absolute atomic E-state index is 0.168. The summed E-state index contributed by atoms with van der Waals surface area (Å²) in [6, 6.07) is 4.77. The van der Waals surface area contributed by atoms with Gasteiger partial charge in [0.15, 0.2) is 6.61 Å². The number of esters is 1. The van der Waals surface area contributed by atoms with Gasteiger partial charge in [0.1, 0.15) is 5.69 Å². The highest BCUT2D eigenvalue weighted by Gasteiger charge is 2.22. The quantitative estimate of drug-likeness (QED) is 0.588. The molecule has 0 bridgehead atoms. The van der Waals surface area contributed by atoms with Crippen LogP contribution in [0, 0.1) is 27.7 Å². The number of aryl methyl sites for hydroxylation is 3. The first-order chi connectivity index (χ1) is 13.1. The largest absolute Gasteiger partial charge is 0.451 e. The highest BCUT2D eigenvalue weighted by Crippen LogP contribution is 2.24. The van der Waals surface area contributed by atoms with E-state index in [1.807, 2.05) is 26.0 Å². The zero-order valence-corrected chi connectivity index (χ0v) is 16.6. The topological polar surface area (TPSA) is 121 Å². The molecule has 3 amide bonds. The van der Waals surface area contributed by atoms with Crippen LogP contribution in [0.3, 0.4) is 0 Å². The molecule has 8 heteroatoms. The van der Waals surface area contributed by atoms with E-state index < -0.39 is 30.6 Å². The van der Waals surface area contributed by atoms with Crippen LogP contribution in [0.2, 0.25) is 0 Å². The third kappa shape index (κ3) is 4.98. The fourth-order valence-electron chi connectivity index (χ4n) is 3.07. The molecule has 1 atom stereocenters. The van der Waals surface area contributed by atoms with Crippen LogP contribution in [0.25, 0.3) is 0 Å². The molecule has 0 spiro atoms. The highest BCUT2D eigenvalue weighted by atomic mass is 16.5. The molecule has 0 aliphatic carbocycles. The summed E-state index contributed by atoms with van der Waals surface area (Å²) in [6.45, 7) is 8.18. The standard InChI is InChI=1S/C20H25N3O5/c1-10-6-7-15(11(2)8-10)22-20(27)23-16(25)9-28-19(26)18-12(3)17(14(5)24)13(4)21-18/h6-8,14,21,24H,9H2,1-5H3,(H2,22,23,25,27)/t14-/m1/s1. The van der Waals surface area contributed by atoms with Crippen LogP contribution >= 0.6 is 0 Å². The number of benzene rings is 1. The van der Waals surface area contributed by atoms with E-state index in [2.05, 4.69) is 15.6 Å². The molecular weight excluding hydrogens is 362 g/mol. The van der Waals surface area contributed by atoms with Gasteiger partial charge in [-0.15, -0.1) is 0 Å². The second kappa shape index (κ2) is 8.71. The van der Waals surface area contributed by atoms with E-state index in [0.717, 1.165) is 11.1 Å². The fraction of sp³-hybridized carbons (Fsp3) is 0.350. The predicted molar refractivity (Wildman–Crippen MR) is 104 cm³/mol. The van der Waals surface area contributed by atoms with Crippen molar-refractivity contribution in [2.24, 2.45) is 0 Å². The molecule has 0 saturated heterocycles. The lowest BCUT2D eigenvalue weighted by Gasteiger charge is -2.10. The van der Waals surface area contributed by atoms with Gasteiger partial charge in [-0.3, -0.25) is 10.1 Å². The van der Waals surface area contributed by atoms with Crippen molar-refractivity contribution in [3.8, 4) is 0 Å². The number of amides is 3. The summed E-state index contributed by atoms with van der Waals surface area (Å²) in [5.74, 6) is -1.50. The number of nitrogens with one attached hydrogen (secondary N) is 3. The third-order valence-corrected chi connectivity index (χ3v) is 4.33. The monoisotopic (exact) mass is 387 g/mol. The molecule has 1 heterocycles. The molecular formula is C20H25N3O5. The van der Waals surface area contributed by atoms with Gasteiger partial charge in [-0.25, -0.2) is 9.59 Å². The molecule has 0 unspecified atom stereocenters. The van der Waals surface area contributed by atoms with Gasteiger partial charge in [0.2, 0.25) is 0 Å². The van der Waals surface area contributed by atoms with Crippen molar-refractivity contribution in [2.45, 2.75) is 40.7 Å². The van der Waals surface area contributed by atoms with E-state index in [-0.39, 0.29) is 5.69 Å². The van der Waals surface area contributed by atoms with Gasteiger partial charge < -0.3 is 20.1 Å². The van der Waals surface area contributed by atoms with Crippen molar-refractivity contribution < 1.29 is 24.2 Å². The summed E-state index contributed by atoms with van der Waals surface area (Å²) in [5, 5.41) is 14.5. The maximum atomic E-state index is 12.2. The molecule has 2 rings (SSSR count). The minimum Gasteiger partial charge on any atom is -0.451 e. The Morgan fingerprint density at radius 1 is 1.18 bits per heavy atom. The van der Waals surface area contributed by atoms with E-state index in [9.17, 15) is 19.5 Å². The molecule has 28 heavy (non-hydrogen) atoms. The number of aliphatic hydroxyl groups excluding tert-OH is 1. The number of imide groups is 1. The van der Waals surface area contributed by atoms with Crippen LogP contribution in [0.4, 0.5) is 10.5 Å². The summed E-state index contributed by atoms with van der Waals surface area (Å²) in [4.78, 5) is 38.9. The average Bonchev–Trinajstić information content (AvgIpc) is 2.89. The predicted octanol–water partition coefficient (Wildman–Crippen LogP) is 2.81. The molecule has 0 aliphatic heterocycles. The molecule has 8 nitrogen and oxygen atoms in total. The van der Waals surface area contributed by atoms with E-state index in [1.54, 1.807) is 26.8 Å². The molecule has 0 radical (unpaired) electrons. The number of aliphatic hydroxyl groups is 1. The Kier molecular flexibility index (Phi) is 6.58. The number of anilines is 1. The lowest BCUT2D eigenvalue weighted by atomic mass is 10.1. The zero-order valence-electron chi connectivity index (χ0n) is 16.6. The minimum atomic E-state index is -0.757. The fourth-order valence-corrected chi connectivity index (χ4v) is 3.07. The van der Waals surface area contributed by atoms with Gasteiger partial charge in [-0.1, -0.05) is 17.7 Å². The normalized spacial score (nSPS) is 11.6. The number of carbonyl (C=O) groups excluding carboxylic acids is 3. The maximum Gasteiger partial charge on any atom is 0.355 e. The Bertz CT molecular complexity index is 915. The van der Waals surface area contributed by atoms with Gasteiger partial charge >= 0.3 is 12.0 Å². The molecule has 150 valence electrons. The van der Waals surface area contributed by atoms with Gasteiger partial charge in [0, 0.05) is 16.9 Å². The van der Waals surface area contributed by atoms with Crippen molar-refractivity contribution in [3.05, 3.63) is 51.8 Å². The number of hydrogen-bond acceptors (Lipinski definition) is 5. The Morgan fingerprint density at radius 3 is 2.43 bits per heavy atom. The van der Waals surface area contributed by atoms with Crippen molar-refractivity contribution in [1.29, 1.82) is 0 Å².